The topological polar surface area (TPSA) is 12.5 Å². The first kappa shape index (κ1) is 19.9. The summed E-state index contributed by atoms with van der Waals surface area (Å²) in [5, 5.41) is 0. The van der Waals surface area contributed by atoms with Gasteiger partial charge in [-0.15, -0.1) is 5.73 Å². The Morgan fingerprint density at radius 2 is 1.68 bits per heavy atom. The zero-order valence-electron chi connectivity index (χ0n) is 17.1. The van der Waals surface area contributed by atoms with Crippen LogP contribution in [0.1, 0.15) is 30.9 Å². The third kappa shape index (κ3) is 5.13. The standard InChI is InChI=1S/C26H29NO/c1-4-25(21-11-8-9-12-21)26(22-13-6-5-7-14-22)23-15-17-24(18-16-23)28-20-10-19-27(2)3/h5-9,11,13-18H,4,10,19-20H2,1-3H3/b26-25-. The van der Waals surface area contributed by atoms with E-state index in [-0.39, 0.29) is 0 Å². The van der Waals surface area contributed by atoms with Gasteiger partial charge >= 0.3 is 0 Å². The molecule has 0 fully saturated rings. The Bertz CT molecular complexity index is 895. The molecule has 0 unspecified atom stereocenters. The molecule has 28 heavy (non-hydrogen) atoms. The first-order valence-electron chi connectivity index (χ1n) is 9.99. The fourth-order valence-electron chi connectivity index (χ4n) is 3.43. The molecular weight excluding hydrogens is 342 g/mol. The molecule has 0 saturated heterocycles. The molecule has 1 aliphatic carbocycles. The van der Waals surface area contributed by atoms with Crippen LogP contribution in [0.3, 0.4) is 0 Å². The van der Waals surface area contributed by atoms with Crippen molar-refractivity contribution in [2.75, 3.05) is 27.2 Å². The number of hydrogen-bond acceptors (Lipinski definition) is 2. The van der Waals surface area contributed by atoms with Crippen molar-refractivity contribution in [2.24, 2.45) is 0 Å². The van der Waals surface area contributed by atoms with E-state index < -0.39 is 0 Å². The first-order chi connectivity index (χ1) is 13.7. The van der Waals surface area contributed by atoms with E-state index >= 15 is 0 Å². The largest absolute Gasteiger partial charge is 0.494 e. The highest BCUT2D eigenvalue weighted by Gasteiger charge is 2.14. The Morgan fingerprint density at radius 3 is 2.29 bits per heavy atom. The second kappa shape index (κ2) is 9.94. The lowest BCUT2D eigenvalue weighted by atomic mass is 9.88. The fourth-order valence-corrected chi connectivity index (χ4v) is 3.43. The molecule has 0 heterocycles. The van der Waals surface area contributed by atoms with Crippen LogP contribution in [0.2, 0.25) is 0 Å². The fraction of sp³-hybridized carbons (Fsp3) is 0.269. The molecular formula is C26H29NO. The van der Waals surface area contributed by atoms with Crippen molar-refractivity contribution in [3.63, 3.8) is 0 Å². The predicted octanol–water partition coefficient (Wildman–Crippen LogP) is 5.88. The van der Waals surface area contributed by atoms with E-state index in [1.165, 1.54) is 27.8 Å². The molecule has 0 aliphatic heterocycles. The summed E-state index contributed by atoms with van der Waals surface area (Å²) >= 11 is 0. The highest BCUT2D eigenvalue weighted by atomic mass is 16.5. The van der Waals surface area contributed by atoms with Crippen molar-refractivity contribution >= 4 is 5.57 Å². The van der Waals surface area contributed by atoms with Gasteiger partial charge in [0.25, 0.3) is 0 Å². The average molecular weight is 372 g/mol. The quantitative estimate of drug-likeness (QED) is 0.403. The summed E-state index contributed by atoms with van der Waals surface area (Å²) in [5.41, 5.74) is 9.57. The van der Waals surface area contributed by atoms with Gasteiger partial charge in [0, 0.05) is 12.1 Å². The van der Waals surface area contributed by atoms with Crippen molar-refractivity contribution in [2.45, 2.75) is 19.8 Å². The smallest absolute Gasteiger partial charge is 0.119 e. The van der Waals surface area contributed by atoms with Crippen LogP contribution in [0.4, 0.5) is 0 Å². The molecule has 0 bridgehead atoms. The van der Waals surface area contributed by atoms with Crippen LogP contribution >= 0.6 is 0 Å². The molecule has 0 spiro atoms. The van der Waals surface area contributed by atoms with Gasteiger partial charge in [-0.3, -0.25) is 0 Å². The van der Waals surface area contributed by atoms with Crippen molar-refractivity contribution < 1.29 is 4.74 Å². The van der Waals surface area contributed by atoms with E-state index in [4.69, 9.17) is 4.74 Å². The minimum Gasteiger partial charge on any atom is -0.494 e. The Kier molecular flexibility index (Phi) is 7.08. The maximum atomic E-state index is 5.91. The average Bonchev–Trinajstić information content (AvgIpc) is 3.25. The Labute approximate surface area is 169 Å². The van der Waals surface area contributed by atoms with E-state index in [0.717, 1.165) is 31.7 Å². The summed E-state index contributed by atoms with van der Waals surface area (Å²) in [7, 11) is 4.17. The normalized spacial score (nSPS) is 13.6. The van der Waals surface area contributed by atoms with Gasteiger partial charge in [-0.25, -0.2) is 0 Å². The number of ether oxygens (including phenoxy) is 1. The van der Waals surface area contributed by atoms with Gasteiger partial charge in [0.2, 0.25) is 0 Å². The molecule has 0 amide bonds. The van der Waals surface area contributed by atoms with E-state index in [1.54, 1.807) is 0 Å². The van der Waals surface area contributed by atoms with Crippen molar-refractivity contribution in [1.82, 2.24) is 4.90 Å². The molecule has 0 radical (unpaired) electrons. The van der Waals surface area contributed by atoms with Gasteiger partial charge in [0.15, 0.2) is 0 Å². The monoisotopic (exact) mass is 371 g/mol. The van der Waals surface area contributed by atoms with Crippen LogP contribution in [-0.2, 0) is 0 Å². The maximum Gasteiger partial charge on any atom is 0.119 e. The maximum absolute atomic E-state index is 5.91. The summed E-state index contributed by atoms with van der Waals surface area (Å²) < 4.78 is 5.91. The molecule has 2 aromatic carbocycles. The summed E-state index contributed by atoms with van der Waals surface area (Å²) in [6.45, 7) is 3.98. The molecule has 1 aliphatic rings. The molecule has 0 atom stereocenters. The number of rotatable bonds is 9. The number of benzene rings is 2. The van der Waals surface area contributed by atoms with Crippen molar-refractivity contribution in [3.05, 3.63) is 101 Å². The summed E-state index contributed by atoms with van der Waals surface area (Å²) in [5.74, 6) is 0.924. The van der Waals surface area contributed by atoms with E-state index in [1.807, 2.05) is 6.08 Å². The number of allylic oxidation sites excluding steroid dienone is 4. The molecule has 0 saturated carbocycles. The van der Waals surface area contributed by atoms with Crippen LogP contribution in [0, 0.1) is 0 Å². The van der Waals surface area contributed by atoms with Crippen molar-refractivity contribution in [1.29, 1.82) is 0 Å². The van der Waals surface area contributed by atoms with Gasteiger partial charge in [-0.2, -0.15) is 0 Å². The van der Waals surface area contributed by atoms with E-state index in [9.17, 15) is 0 Å². The Balaban J connectivity index is 1.89. The minimum atomic E-state index is 0.738. The lowest BCUT2D eigenvalue weighted by Gasteiger charge is -2.16. The Hall–Kier alpha value is -2.80. The molecule has 0 aromatic heterocycles. The second-order valence-electron chi connectivity index (χ2n) is 7.19. The van der Waals surface area contributed by atoms with E-state index in [2.05, 4.69) is 98.4 Å². The second-order valence-corrected chi connectivity index (χ2v) is 7.19. The zero-order chi connectivity index (χ0) is 19.8. The molecule has 3 rings (SSSR count). The van der Waals surface area contributed by atoms with Crippen LogP contribution in [0.25, 0.3) is 5.57 Å². The molecule has 0 N–H and O–H groups in total. The lowest BCUT2D eigenvalue weighted by Crippen LogP contribution is -2.15. The molecule has 2 heteroatoms. The van der Waals surface area contributed by atoms with Gasteiger partial charge < -0.3 is 9.64 Å². The first-order valence-corrected chi connectivity index (χ1v) is 9.99. The summed E-state index contributed by atoms with van der Waals surface area (Å²) in [6, 6.07) is 19.1. The number of hydrogen-bond donors (Lipinski definition) is 0. The summed E-state index contributed by atoms with van der Waals surface area (Å²) in [6.07, 6.45) is 8.16. The molecule has 2 aromatic rings. The highest BCUT2D eigenvalue weighted by Crippen LogP contribution is 2.34. The van der Waals surface area contributed by atoms with E-state index in [0.29, 0.717) is 0 Å². The van der Waals surface area contributed by atoms with Gasteiger partial charge in [-0.05, 0) is 73.5 Å². The third-order valence-corrected chi connectivity index (χ3v) is 4.80. The number of nitrogens with zero attached hydrogens (tertiary/aromatic N) is 1. The van der Waals surface area contributed by atoms with Crippen LogP contribution < -0.4 is 4.74 Å². The zero-order valence-corrected chi connectivity index (χ0v) is 17.1. The minimum absolute atomic E-state index is 0.738. The lowest BCUT2D eigenvalue weighted by molar-refractivity contribution is 0.281. The van der Waals surface area contributed by atoms with Gasteiger partial charge in [-0.1, -0.05) is 55.5 Å². The van der Waals surface area contributed by atoms with Crippen LogP contribution in [0.15, 0.2) is 89.7 Å². The third-order valence-electron chi connectivity index (χ3n) is 4.80. The summed E-state index contributed by atoms with van der Waals surface area (Å²) in [4.78, 5) is 2.18. The van der Waals surface area contributed by atoms with Gasteiger partial charge in [0.1, 0.15) is 5.75 Å². The van der Waals surface area contributed by atoms with Crippen molar-refractivity contribution in [3.8, 4) is 5.75 Å². The van der Waals surface area contributed by atoms with Gasteiger partial charge in [0.05, 0.1) is 6.61 Å². The highest BCUT2D eigenvalue weighted by molar-refractivity contribution is 5.85. The predicted molar refractivity (Wildman–Crippen MR) is 119 cm³/mol. The molecule has 2 nitrogen and oxygen atoms in total. The van der Waals surface area contributed by atoms with Crippen LogP contribution in [-0.4, -0.2) is 32.1 Å². The SMILES string of the molecule is CC/C(C1=C=CC=C1)=C(\c1ccccc1)c1ccc(OCCCN(C)C)cc1. The van der Waals surface area contributed by atoms with Crippen LogP contribution in [0.5, 0.6) is 5.75 Å². The molecule has 144 valence electrons. The Morgan fingerprint density at radius 1 is 0.964 bits per heavy atom.